The summed E-state index contributed by atoms with van der Waals surface area (Å²) in [7, 11) is -1.76. The maximum atomic E-state index is 12.3. The first kappa shape index (κ1) is 14.7. The van der Waals surface area contributed by atoms with Crippen LogP contribution in [0.2, 0.25) is 0 Å². The molecule has 6 nitrogen and oxygen atoms in total. The SMILES string of the molecule is Cc1c(CNS(=O)(=O)c2ccccc2CN)cnn1C. The van der Waals surface area contributed by atoms with Crippen LogP contribution in [-0.4, -0.2) is 18.2 Å². The highest BCUT2D eigenvalue weighted by molar-refractivity contribution is 7.89. The van der Waals surface area contributed by atoms with Crippen molar-refractivity contribution in [3.8, 4) is 0 Å². The maximum Gasteiger partial charge on any atom is 0.241 e. The molecule has 0 bridgehead atoms. The fourth-order valence-electron chi connectivity index (χ4n) is 1.90. The molecule has 0 radical (unpaired) electrons. The van der Waals surface area contributed by atoms with Gasteiger partial charge in [0.2, 0.25) is 10.0 Å². The molecule has 0 aliphatic carbocycles. The molecule has 0 spiro atoms. The van der Waals surface area contributed by atoms with E-state index in [0.717, 1.165) is 11.3 Å². The topological polar surface area (TPSA) is 90.0 Å². The number of nitrogens with one attached hydrogen (secondary N) is 1. The first-order valence-electron chi connectivity index (χ1n) is 6.21. The average molecular weight is 294 g/mol. The van der Waals surface area contributed by atoms with Crippen molar-refractivity contribution in [3.63, 3.8) is 0 Å². The Morgan fingerprint density at radius 1 is 1.30 bits per heavy atom. The van der Waals surface area contributed by atoms with Gasteiger partial charge in [-0.2, -0.15) is 5.10 Å². The minimum atomic E-state index is -3.58. The van der Waals surface area contributed by atoms with Crippen LogP contribution in [0.1, 0.15) is 16.8 Å². The van der Waals surface area contributed by atoms with Crippen molar-refractivity contribution in [1.82, 2.24) is 14.5 Å². The highest BCUT2D eigenvalue weighted by atomic mass is 32.2. The monoisotopic (exact) mass is 294 g/mol. The second kappa shape index (κ2) is 5.74. The summed E-state index contributed by atoms with van der Waals surface area (Å²) in [5.74, 6) is 0. The first-order valence-corrected chi connectivity index (χ1v) is 7.69. The van der Waals surface area contributed by atoms with Crippen LogP contribution in [-0.2, 0) is 30.2 Å². The summed E-state index contributed by atoms with van der Waals surface area (Å²) in [4.78, 5) is 0.226. The van der Waals surface area contributed by atoms with E-state index in [2.05, 4.69) is 9.82 Å². The van der Waals surface area contributed by atoms with Gasteiger partial charge in [-0.05, 0) is 18.6 Å². The predicted octanol–water partition coefficient (Wildman–Crippen LogP) is 0.666. The van der Waals surface area contributed by atoms with Crippen molar-refractivity contribution in [2.75, 3.05) is 0 Å². The van der Waals surface area contributed by atoms with Crippen LogP contribution in [0.5, 0.6) is 0 Å². The van der Waals surface area contributed by atoms with Crippen molar-refractivity contribution in [2.24, 2.45) is 12.8 Å². The third kappa shape index (κ3) is 2.90. The van der Waals surface area contributed by atoms with Gasteiger partial charge in [0.25, 0.3) is 0 Å². The number of benzene rings is 1. The lowest BCUT2D eigenvalue weighted by Gasteiger charge is -2.10. The Hall–Kier alpha value is -1.70. The molecule has 0 unspecified atom stereocenters. The fourth-order valence-corrected chi connectivity index (χ4v) is 3.16. The second-order valence-corrected chi connectivity index (χ2v) is 6.25. The van der Waals surface area contributed by atoms with Crippen LogP contribution in [0.4, 0.5) is 0 Å². The third-order valence-electron chi connectivity index (χ3n) is 3.27. The van der Waals surface area contributed by atoms with E-state index in [1.54, 1.807) is 35.1 Å². The molecule has 0 aliphatic heterocycles. The lowest BCUT2D eigenvalue weighted by atomic mass is 10.2. The second-order valence-electron chi connectivity index (χ2n) is 4.52. The molecule has 3 N–H and O–H groups in total. The highest BCUT2D eigenvalue weighted by Gasteiger charge is 2.17. The Morgan fingerprint density at radius 2 is 2.00 bits per heavy atom. The molecule has 1 heterocycles. The molecule has 2 aromatic rings. The van der Waals surface area contributed by atoms with E-state index in [9.17, 15) is 8.42 Å². The standard InChI is InChI=1S/C13H18N4O2S/c1-10-12(8-15-17(10)2)9-16-20(18,19)13-6-4-3-5-11(13)7-14/h3-6,8,16H,7,9,14H2,1-2H3. The van der Waals surface area contributed by atoms with Crippen molar-refractivity contribution in [3.05, 3.63) is 47.3 Å². The Morgan fingerprint density at radius 3 is 2.60 bits per heavy atom. The summed E-state index contributed by atoms with van der Waals surface area (Å²) >= 11 is 0. The van der Waals surface area contributed by atoms with Gasteiger partial charge in [0.05, 0.1) is 11.1 Å². The lowest BCUT2D eigenvalue weighted by molar-refractivity contribution is 0.580. The van der Waals surface area contributed by atoms with Crippen molar-refractivity contribution in [1.29, 1.82) is 0 Å². The number of hydrogen-bond acceptors (Lipinski definition) is 4. The number of hydrogen-bond donors (Lipinski definition) is 2. The molecule has 1 aromatic heterocycles. The van der Waals surface area contributed by atoms with Gasteiger partial charge in [0.15, 0.2) is 0 Å². The van der Waals surface area contributed by atoms with Crippen molar-refractivity contribution in [2.45, 2.75) is 24.9 Å². The van der Waals surface area contributed by atoms with E-state index >= 15 is 0 Å². The first-order chi connectivity index (χ1) is 9.45. The molecule has 0 amide bonds. The zero-order valence-electron chi connectivity index (χ0n) is 11.5. The summed E-state index contributed by atoms with van der Waals surface area (Å²) in [6.07, 6.45) is 1.66. The number of aryl methyl sites for hydroxylation is 1. The number of rotatable bonds is 5. The van der Waals surface area contributed by atoms with Crippen molar-refractivity contribution < 1.29 is 8.42 Å². The molecule has 7 heteroatoms. The normalized spacial score (nSPS) is 11.8. The summed E-state index contributed by atoms with van der Waals surface area (Å²) in [6, 6.07) is 6.72. The van der Waals surface area contributed by atoms with Gasteiger partial charge in [-0.15, -0.1) is 0 Å². The highest BCUT2D eigenvalue weighted by Crippen LogP contribution is 2.15. The van der Waals surface area contributed by atoms with E-state index in [-0.39, 0.29) is 18.0 Å². The van der Waals surface area contributed by atoms with Crippen molar-refractivity contribution >= 4 is 10.0 Å². The zero-order valence-corrected chi connectivity index (χ0v) is 12.3. The zero-order chi connectivity index (χ0) is 14.8. The Balaban J connectivity index is 2.22. The summed E-state index contributed by atoms with van der Waals surface area (Å²) in [6.45, 7) is 2.29. The Labute approximate surface area is 118 Å². The van der Waals surface area contributed by atoms with E-state index in [1.165, 1.54) is 0 Å². The number of sulfonamides is 1. The molecule has 0 atom stereocenters. The van der Waals surface area contributed by atoms with Crippen LogP contribution >= 0.6 is 0 Å². The molecule has 2 rings (SSSR count). The molecule has 0 saturated heterocycles. The van der Waals surface area contributed by atoms with Crippen LogP contribution in [0.3, 0.4) is 0 Å². The fraction of sp³-hybridized carbons (Fsp3) is 0.308. The van der Waals surface area contributed by atoms with Crippen LogP contribution in [0.25, 0.3) is 0 Å². The summed E-state index contributed by atoms with van der Waals surface area (Å²) < 4.78 is 28.9. The van der Waals surface area contributed by atoms with Crippen LogP contribution in [0, 0.1) is 6.92 Å². The van der Waals surface area contributed by atoms with Gasteiger partial charge in [-0.1, -0.05) is 18.2 Å². The van der Waals surface area contributed by atoms with E-state index in [0.29, 0.717) is 5.56 Å². The number of nitrogens with zero attached hydrogens (tertiary/aromatic N) is 2. The predicted molar refractivity (Wildman–Crippen MR) is 76.3 cm³/mol. The lowest BCUT2D eigenvalue weighted by Crippen LogP contribution is -2.25. The third-order valence-corrected chi connectivity index (χ3v) is 4.77. The Kier molecular flexibility index (Phi) is 4.22. The molecular weight excluding hydrogens is 276 g/mol. The maximum absolute atomic E-state index is 12.3. The van der Waals surface area contributed by atoms with Gasteiger partial charge < -0.3 is 5.73 Å². The molecular formula is C13H18N4O2S. The quantitative estimate of drug-likeness (QED) is 0.848. The summed E-state index contributed by atoms with van der Waals surface area (Å²) in [5, 5.41) is 4.09. The van der Waals surface area contributed by atoms with Gasteiger partial charge in [0, 0.05) is 31.4 Å². The van der Waals surface area contributed by atoms with Gasteiger partial charge in [-0.25, -0.2) is 13.1 Å². The molecule has 108 valence electrons. The van der Waals surface area contributed by atoms with Crippen LogP contribution < -0.4 is 10.5 Å². The number of aromatic nitrogens is 2. The van der Waals surface area contributed by atoms with E-state index in [1.807, 2.05) is 14.0 Å². The minimum absolute atomic E-state index is 0.184. The van der Waals surface area contributed by atoms with E-state index < -0.39 is 10.0 Å². The molecule has 0 saturated carbocycles. The largest absolute Gasteiger partial charge is 0.326 e. The van der Waals surface area contributed by atoms with Crippen LogP contribution in [0.15, 0.2) is 35.4 Å². The van der Waals surface area contributed by atoms with Gasteiger partial charge in [0.1, 0.15) is 0 Å². The van der Waals surface area contributed by atoms with Gasteiger partial charge in [-0.3, -0.25) is 4.68 Å². The molecule has 0 aliphatic rings. The molecule has 20 heavy (non-hydrogen) atoms. The Bertz CT molecular complexity index is 707. The van der Waals surface area contributed by atoms with Gasteiger partial charge >= 0.3 is 0 Å². The smallest absolute Gasteiger partial charge is 0.241 e. The molecule has 0 fully saturated rings. The molecule has 1 aromatic carbocycles. The minimum Gasteiger partial charge on any atom is -0.326 e. The average Bonchev–Trinajstić information content (AvgIpc) is 2.76. The van der Waals surface area contributed by atoms with E-state index in [4.69, 9.17) is 5.73 Å². The summed E-state index contributed by atoms with van der Waals surface area (Å²) in [5.41, 5.74) is 7.96. The number of nitrogens with two attached hydrogens (primary N) is 1.